The Balaban J connectivity index is 1.61. The van der Waals surface area contributed by atoms with Gasteiger partial charge in [0.15, 0.2) is 0 Å². The van der Waals surface area contributed by atoms with Crippen molar-refractivity contribution in [2.45, 2.75) is 25.0 Å². The molecule has 1 N–H and O–H groups in total. The van der Waals surface area contributed by atoms with E-state index in [1.807, 2.05) is 23.1 Å². The number of amides is 1. The molecule has 0 spiro atoms. The molecule has 1 amide bonds. The zero-order valence-corrected chi connectivity index (χ0v) is 14.2. The van der Waals surface area contributed by atoms with Gasteiger partial charge in [-0.1, -0.05) is 12.1 Å². The normalized spacial score (nSPS) is 25.0. The zero-order chi connectivity index (χ0) is 16.9. The van der Waals surface area contributed by atoms with Crippen molar-refractivity contribution in [3.8, 4) is 5.75 Å². The van der Waals surface area contributed by atoms with Crippen LogP contribution in [0.3, 0.4) is 0 Å². The van der Waals surface area contributed by atoms with E-state index in [-0.39, 0.29) is 18.1 Å². The number of hydrogen-bond acceptors (Lipinski definition) is 5. The number of morpholine rings is 1. The molecule has 0 unspecified atom stereocenters. The number of carbonyl (C=O) groups is 1. The minimum atomic E-state index is -0.348. The molecular weight excluding hydrogens is 308 g/mol. The third-order valence-corrected chi connectivity index (χ3v) is 4.84. The van der Waals surface area contributed by atoms with Gasteiger partial charge in [-0.15, -0.1) is 0 Å². The van der Waals surface area contributed by atoms with Gasteiger partial charge in [-0.25, -0.2) is 0 Å². The lowest BCUT2D eigenvalue weighted by molar-refractivity contribution is -0.135. The largest absolute Gasteiger partial charge is 0.497 e. The molecule has 2 heterocycles. The molecule has 2 atom stereocenters. The van der Waals surface area contributed by atoms with Crippen LogP contribution in [0, 0.1) is 0 Å². The molecule has 2 saturated heterocycles. The van der Waals surface area contributed by atoms with Crippen LogP contribution in [-0.2, 0) is 9.53 Å². The number of nitrogens with zero attached hydrogens (tertiary/aromatic N) is 2. The van der Waals surface area contributed by atoms with Crippen LogP contribution in [0.4, 0.5) is 0 Å². The van der Waals surface area contributed by atoms with Crippen LogP contribution in [-0.4, -0.2) is 73.4 Å². The highest BCUT2D eigenvalue weighted by atomic mass is 16.5. The number of rotatable bonds is 5. The first-order valence-corrected chi connectivity index (χ1v) is 8.59. The first-order chi connectivity index (χ1) is 11.7. The van der Waals surface area contributed by atoms with Gasteiger partial charge >= 0.3 is 0 Å². The average Bonchev–Trinajstić information content (AvgIpc) is 3.01. The van der Waals surface area contributed by atoms with Crippen molar-refractivity contribution in [2.24, 2.45) is 0 Å². The van der Waals surface area contributed by atoms with Crippen LogP contribution in [0.1, 0.15) is 24.4 Å². The molecule has 132 valence electrons. The van der Waals surface area contributed by atoms with E-state index in [4.69, 9.17) is 9.47 Å². The van der Waals surface area contributed by atoms with Crippen molar-refractivity contribution >= 4 is 5.91 Å². The lowest BCUT2D eigenvalue weighted by Crippen LogP contribution is -2.42. The van der Waals surface area contributed by atoms with Crippen molar-refractivity contribution in [3.05, 3.63) is 29.8 Å². The fourth-order valence-electron chi connectivity index (χ4n) is 3.53. The molecule has 0 aliphatic carbocycles. The van der Waals surface area contributed by atoms with Gasteiger partial charge in [0.1, 0.15) is 5.75 Å². The Morgan fingerprint density at radius 2 is 2.17 bits per heavy atom. The minimum Gasteiger partial charge on any atom is -0.497 e. The quantitative estimate of drug-likeness (QED) is 0.872. The Labute approximate surface area is 143 Å². The summed E-state index contributed by atoms with van der Waals surface area (Å²) >= 11 is 0. The van der Waals surface area contributed by atoms with E-state index in [1.165, 1.54) is 0 Å². The van der Waals surface area contributed by atoms with Gasteiger partial charge in [-0.2, -0.15) is 0 Å². The Kier molecular flexibility index (Phi) is 5.71. The number of β-amino-alcohol motifs (C(OH)–C–C–N with tert-alkyl or cyclic N) is 1. The lowest BCUT2D eigenvalue weighted by Gasteiger charge is -2.29. The predicted octanol–water partition coefficient (Wildman–Crippen LogP) is 1.05. The van der Waals surface area contributed by atoms with Gasteiger partial charge in [-0.3, -0.25) is 9.69 Å². The Hall–Kier alpha value is -1.63. The molecule has 0 radical (unpaired) electrons. The summed E-state index contributed by atoms with van der Waals surface area (Å²) < 4.78 is 10.6. The SMILES string of the molecule is COc1cccc([C@H]2C[C@H](O)CN2CCC(=O)N2CCOCC2)c1. The van der Waals surface area contributed by atoms with Gasteiger partial charge < -0.3 is 19.5 Å². The van der Waals surface area contributed by atoms with Crippen molar-refractivity contribution in [1.29, 1.82) is 0 Å². The number of ether oxygens (including phenoxy) is 2. The van der Waals surface area contributed by atoms with Gasteiger partial charge in [0, 0.05) is 38.6 Å². The van der Waals surface area contributed by atoms with Crippen LogP contribution in [0.15, 0.2) is 24.3 Å². The predicted molar refractivity (Wildman–Crippen MR) is 89.9 cm³/mol. The van der Waals surface area contributed by atoms with E-state index in [2.05, 4.69) is 11.0 Å². The molecule has 6 heteroatoms. The summed E-state index contributed by atoms with van der Waals surface area (Å²) in [7, 11) is 1.65. The van der Waals surface area contributed by atoms with Gasteiger partial charge in [0.2, 0.25) is 5.91 Å². The Morgan fingerprint density at radius 3 is 2.92 bits per heavy atom. The van der Waals surface area contributed by atoms with E-state index in [1.54, 1.807) is 7.11 Å². The highest BCUT2D eigenvalue weighted by Crippen LogP contribution is 2.33. The molecule has 6 nitrogen and oxygen atoms in total. The summed E-state index contributed by atoms with van der Waals surface area (Å²) in [5.74, 6) is 0.988. The molecule has 2 aliphatic heterocycles. The van der Waals surface area contributed by atoms with Gasteiger partial charge in [0.25, 0.3) is 0 Å². The van der Waals surface area contributed by atoms with E-state index < -0.39 is 0 Å². The molecule has 2 aliphatic rings. The molecule has 0 bridgehead atoms. The van der Waals surface area contributed by atoms with E-state index in [9.17, 15) is 9.90 Å². The number of carbonyl (C=O) groups excluding carboxylic acids is 1. The first kappa shape index (κ1) is 17.2. The summed E-state index contributed by atoms with van der Waals surface area (Å²) in [6.45, 7) is 3.89. The lowest BCUT2D eigenvalue weighted by atomic mass is 10.0. The average molecular weight is 334 g/mol. The molecular formula is C18H26N2O4. The Bertz CT molecular complexity index is 560. The van der Waals surface area contributed by atoms with Crippen molar-refractivity contribution in [2.75, 3.05) is 46.5 Å². The molecule has 24 heavy (non-hydrogen) atoms. The summed E-state index contributed by atoms with van der Waals surface area (Å²) in [5.41, 5.74) is 1.13. The number of methoxy groups -OCH3 is 1. The monoisotopic (exact) mass is 334 g/mol. The molecule has 0 saturated carbocycles. The molecule has 1 aromatic carbocycles. The smallest absolute Gasteiger partial charge is 0.224 e. The van der Waals surface area contributed by atoms with Crippen molar-refractivity contribution < 1.29 is 19.4 Å². The van der Waals surface area contributed by atoms with E-state index >= 15 is 0 Å². The van der Waals surface area contributed by atoms with Crippen molar-refractivity contribution in [3.63, 3.8) is 0 Å². The van der Waals surface area contributed by atoms with Crippen molar-refractivity contribution in [1.82, 2.24) is 9.80 Å². The second-order valence-corrected chi connectivity index (χ2v) is 6.42. The highest BCUT2D eigenvalue weighted by molar-refractivity contribution is 5.76. The van der Waals surface area contributed by atoms with Crippen LogP contribution in [0.25, 0.3) is 0 Å². The van der Waals surface area contributed by atoms with E-state index in [0.717, 1.165) is 11.3 Å². The van der Waals surface area contributed by atoms with Crippen LogP contribution < -0.4 is 4.74 Å². The maximum absolute atomic E-state index is 12.3. The molecule has 3 rings (SSSR count). The maximum atomic E-state index is 12.3. The van der Waals surface area contributed by atoms with Gasteiger partial charge in [0.05, 0.1) is 26.4 Å². The second-order valence-electron chi connectivity index (χ2n) is 6.42. The number of aliphatic hydroxyl groups excluding tert-OH is 1. The number of likely N-dealkylation sites (tertiary alicyclic amines) is 1. The standard InChI is InChI=1S/C18H26N2O4/c1-23-16-4-2-3-14(11-16)17-12-15(21)13-20(17)6-5-18(22)19-7-9-24-10-8-19/h2-4,11,15,17,21H,5-10,12-13H2,1H3/t15-,17+/m0/s1. The van der Waals surface area contributed by atoms with E-state index in [0.29, 0.717) is 52.2 Å². The minimum absolute atomic E-state index is 0.132. The van der Waals surface area contributed by atoms with Crippen LogP contribution >= 0.6 is 0 Å². The third-order valence-electron chi connectivity index (χ3n) is 4.84. The fourth-order valence-corrected chi connectivity index (χ4v) is 3.53. The molecule has 1 aromatic rings. The molecule has 0 aromatic heterocycles. The highest BCUT2D eigenvalue weighted by Gasteiger charge is 2.32. The summed E-state index contributed by atoms with van der Waals surface area (Å²) in [6.07, 6.45) is 0.825. The van der Waals surface area contributed by atoms with Gasteiger partial charge in [-0.05, 0) is 24.1 Å². The maximum Gasteiger partial charge on any atom is 0.224 e. The molecule has 2 fully saturated rings. The third kappa shape index (κ3) is 4.06. The van der Waals surface area contributed by atoms with Crippen LogP contribution in [0.2, 0.25) is 0 Å². The number of aliphatic hydroxyl groups is 1. The zero-order valence-electron chi connectivity index (χ0n) is 14.2. The van der Waals surface area contributed by atoms with Crippen LogP contribution in [0.5, 0.6) is 5.75 Å². The summed E-state index contributed by atoms with van der Waals surface area (Å²) in [5, 5.41) is 10.1. The fraction of sp³-hybridized carbons (Fsp3) is 0.611. The second kappa shape index (κ2) is 7.96. The topological polar surface area (TPSA) is 62.2 Å². The first-order valence-electron chi connectivity index (χ1n) is 8.59. The number of hydrogen-bond donors (Lipinski definition) is 1. The number of benzene rings is 1. The Morgan fingerprint density at radius 1 is 1.38 bits per heavy atom. The summed E-state index contributed by atoms with van der Waals surface area (Å²) in [4.78, 5) is 16.4. The summed E-state index contributed by atoms with van der Waals surface area (Å²) in [6, 6.07) is 8.09.